The minimum absolute atomic E-state index is 0.135. The number of rotatable bonds is 5. The van der Waals surface area contributed by atoms with Crippen molar-refractivity contribution in [1.29, 1.82) is 0 Å². The lowest BCUT2D eigenvalue weighted by molar-refractivity contribution is 0.107. The van der Waals surface area contributed by atoms with E-state index in [0.717, 1.165) is 18.8 Å². The second-order valence-corrected chi connectivity index (χ2v) is 7.05. The Hall–Kier alpha value is 0.250. The van der Waals surface area contributed by atoms with Crippen LogP contribution in [0, 0.1) is 17.8 Å². The highest BCUT2D eigenvalue weighted by Gasteiger charge is 2.39. The average Bonchev–Trinajstić information content (AvgIpc) is 2.65. The molecule has 0 radical (unpaired) electrons. The van der Waals surface area contributed by atoms with Crippen molar-refractivity contribution in [2.45, 2.75) is 82.6 Å². The molecule has 106 valence electrons. The Labute approximate surface area is 117 Å². The van der Waals surface area contributed by atoms with Crippen LogP contribution in [0.2, 0.25) is 0 Å². The van der Waals surface area contributed by atoms with Gasteiger partial charge in [-0.2, -0.15) is 0 Å². The highest BCUT2D eigenvalue weighted by Crippen LogP contribution is 2.41. The van der Waals surface area contributed by atoms with Gasteiger partial charge in [-0.05, 0) is 30.6 Å². The summed E-state index contributed by atoms with van der Waals surface area (Å²) < 4.78 is 0. The summed E-state index contributed by atoms with van der Waals surface area (Å²) in [4.78, 5) is 0. The van der Waals surface area contributed by atoms with Gasteiger partial charge >= 0.3 is 0 Å². The lowest BCUT2D eigenvalue weighted by Crippen LogP contribution is -2.20. The number of halogens is 1. The molecule has 0 heterocycles. The SMILES string of the molecule is CC[C@@H]1[C@@H](CCCC2CCCCC2)[C@H](O)C[C@H]1Cl. The first-order valence-corrected chi connectivity index (χ1v) is 8.48. The Bertz CT molecular complexity index is 237. The Morgan fingerprint density at radius 1 is 1.06 bits per heavy atom. The van der Waals surface area contributed by atoms with Crippen LogP contribution in [0.1, 0.15) is 71.1 Å². The van der Waals surface area contributed by atoms with Crippen molar-refractivity contribution in [3.63, 3.8) is 0 Å². The van der Waals surface area contributed by atoms with Crippen LogP contribution in [0.4, 0.5) is 0 Å². The van der Waals surface area contributed by atoms with Crippen molar-refractivity contribution >= 4 is 11.6 Å². The van der Waals surface area contributed by atoms with Crippen LogP contribution in [0.5, 0.6) is 0 Å². The number of alkyl halides is 1. The molecule has 18 heavy (non-hydrogen) atoms. The van der Waals surface area contributed by atoms with Crippen molar-refractivity contribution in [1.82, 2.24) is 0 Å². The molecule has 0 aromatic carbocycles. The Morgan fingerprint density at radius 3 is 2.44 bits per heavy atom. The van der Waals surface area contributed by atoms with E-state index in [9.17, 15) is 5.11 Å². The molecule has 1 N–H and O–H groups in total. The standard InChI is InChI=1S/C16H29ClO/c1-2-13-14(16(18)11-15(13)17)10-6-9-12-7-4-3-5-8-12/h12-16,18H,2-11H2,1H3/t13-,14-,15-,16-/m1/s1. The van der Waals surface area contributed by atoms with Gasteiger partial charge < -0.3 is 5.11 Å². The Morgan fingerprint density at radius 2 is 1.78 bits per heavy atom. The molecular weight excluding hydrogens is 244 g/mol. The van der Waals surface area contributed by atoms with Gasteiger partial charge in [0.1, 0.15) is 0 Å². The summed E-state index contributed by atoms with van der Waals surface area (Å²) in [6, 6.07) is 0. The summed E-state index contributed by atoms with van der Waals surface area (Å²) in [6.07, 6.45) is 12.9. The molecule has 1 nitrogen and oxygen atoms in total. The lowest BCUT2D eigenvalue weighted by atomic mass is 9.82. The average molecular weight is 273 g/mol. The molecule has 0 unspecified atom stereocenters. The second-order valence-electron chi connectivity index (χ2n) is 6.49. The molecule has 2 fully saturated rings. The topological polar surface area (TPSA) is 20.2 Å². The van der Waals surface area contributed by atoms with E-state index in [1.54, 1.807) is 0 Å². The van der Waals surface area contributed by atoms with E-state index in [1.807, 2.05) is 0 Å². The van der Waals surface area contributed by atoms with E-state index >= 15 is 0 Å². The van der Waals surface area contributed by atoms with Crippen molar-refractivity contribution < 1.29 is 5.11 Å². The van der Waals surface area contributed by atoms with Crippen molar-refractivity contribution in [2.24, 2.45) is 17.8 Å². The van der Waals surface area contributed by atoms with Crippen LogP contribution in [0.3, 0.4) is 0 Å². The van der Waals surface area contributed by atoms with Crippen LogP contribution in [0.25, 0.3) is 0 Å². The quantitative estimate of drug-likeness (QED) is 0.716. The second kappa shape index (κ2) is 7.14. The minimum atomic E-state index is -0.135. The first-order chi connectivity index (χ1) is 8.72. The highest BCUT2D eigenvalue weighted by atomic mass is 35.5. The molecule has 2 heteroatoms. The fourth-order valence-electron chi connectivity index (χ4n) is 4.22. The van der Waals surface area contributed by atoms with Crippen LogP contribution in [0.15, 0.2) is 0 Å². The number of hydrogen-bond donors (Lipinski definition) is 1. The fraction of sp³-hybridized carbons (Fsp3) is 1.00. The molecule has 0 aliphatic heterocycles. The zero-order chi connectivity index (χ0) is 13.0. The van der Waals surface area contributed by atoms with Gasteiger partial charge in [0, 0.05) is 5.38 Å². The highest BCUT2D eigenvalue weighted by molar-refractivity contribution is 6.21. The zero-order valence-corrected chi connectivity index (χ0v) is 12.5. The number of aliphatic hydroxyl groups is 1. The van der Waals surface area contributed by atoms with E-state index in [1.165, 1.54) is 51.4 Å². The van der Waals surface area contributed by atoms with Crippen LogP contribution in [-0.2, 0) is 0 Å². The van der Waals surface area contributed by atoms with Gasteiger partial charge in [-0.25, -0.2) is 0 Å². The molecule has 0 amide bonds. The lowest BCUT2D eigenvalue weighted by Gasteiger charge is -2.25. The maximum absolute atomic E-state index is 10.1. The molecule has 0 spiro atoms. The van der Waals surface area contributed by atoms with Crippen molar-refractivity contribution in [3.8, 4) is 0 Å². The van der Waals surface area contributed by atoms with Gasteiger partial charge in [-0.1, -0.05) is 58.3 Å². The van der Waals surface area contributed by atoms with Gasteiger partial charge in [0.25, 0.3) is 0 Å². The van der Waals surface area contributed by atoms with E-state index < -0.39 is 0 Å². The number of aliphatic hydroxyl groups excluding tert-OH is 1. The minimum Gasteiger partial charge on any atom is -0.393 e. The first kappa shape index (κ1) is 14.7. The van der Waals surface area contributed by atoms with Crippen molar-refractivity contribution in [3.05, 3.63) is 0 Å². The Balaban J connectivity index is 1.71. The molecule has 0 bridgehead atoms. The van der Waals surface area contributed by atoms with Crippen molar-refractivity contribution in [2.75, 3.05) is 0 Å². The van der Waals surface area contributed by atoms with Gasteiger partial charge in [0.2, 0.25) is 0 Å². The molecule has 0 saturated heterocycles. The number of hydrogen-bond acceptors (Lipinski definition) is 1. The third-order valence-corrected chi connectivity index (χ3v) is 5.82. The van der Waals surface area contributed by atoms with E-state index in [-0.39, 0.29) is 11.5 Å². The zero-order valence-electron chi connectivity index (χ0n) is 11.8. The third-order valence-electron chi connectivity index (χ3n) is 5.32. The summed E-state index contributed by atoms with van der Waals surface area (Å²) in [5, 5.41) is 10.3. The maximum atomic E-state index is 10.1. The summed E-state index contributed by atoms with van der Waals surface area (Å²) in [5.41, 5.74) is 0. The predicted octanol–water partition coefficient (Wildman–Crippen LogP) is 4.75. The summed E-state index contributed by atoms with van der Waals surface area (Å²) in [7, 11) is 0. The van der Waals surface area contributed by atoms with Gasteiger partial charge in [0.05, 0.1) is 6.10 Å². The normalized spacial score (nSPS) is 38.2. The fourth-order valence-corrected chi connectivity index (χ4v) is 4.76. The van der Waals surface area contributed by atoms with Crippen LogP contribution in [-0.4, -0.2) is 16.6 Å². The molecule has 2 saturated carbocycles. The smallest absolute Gasteiger partial charge is 0.0585 e. The molecule has 2 rings (SSSR count). The molecule has 2 aliphatic rings. The largest absolute Gasteiger partial charge is 0.393 e. The summed E-state index contributed by atoms with van der Waals surface area (Å²) >= 11 is 6.34. The molecule has 0 aromatic heterocycles. The van der Waals surface area contributed by atoms with E-state index in [0.29, 0.717) is 11.8 Å². The molecule has 4 atom stereocenters. The van der Waals surface area contributed by atoms with E-state index in [4.69, 9.17) is 11.6 Å². The van der Waals surface area contributed by atoms with E-state index in [2.05, 4.69) is 6.92 Å². The summed E-state index contributed by atoms with van der Waals surface area (Å²) in [5.74, 6) is 2.00. The Kier molecular flexibility index (Phi) is 5.82. The van der Waals surface area contributed by atoms with Crippen LogP contribution < -0.4 is 0 Å². The third kappa shape index (κ3) is 3.63. The monoisotopic (exact) mass is 272 g/mol. The molecule has 0 aromatic rings. The van der Waals surface area contributed by atoms with Gasteiger partial charge in [-0.3, -0.25) is 0 Å². The molecular formula is C16H29ClO. The van der Waals surface area contributed by atoms with Gasteiger partial charge in [-0.15, -0.1) is 11.6 Å². The first-order valence-electron chi connectivity index (χ1n) is 8.04. The maximum Gasteiger partial charge on any atom is 0.0585 e. The molecule has 2 aliphatic carbocycles. The van der Waals surface area contributed by atoms with Gasteiger partial charge in [0.15, 0.2) is 0 Å². The predicted molar refractivity (Wildman–Crippen MR) is 78.0 cm³/mol. The van der Waals surface area contributed by atoms with Crippen LogP contribution >= 0.6 is 11.6 Å². The summed E-state index contributed by atoms with van der Waals surface area (Å²) in [6.45, 7) is 2.21.